The number of anilines is 2. The Morgan fingerprint density at radius 3 is 2.92 bits per heavy atom. The molecular formula is C18H23N5O. The van der Waals surface area contributed by atoms with Crippen molar-refractivity contribution in [3.05, 3.63) is 35.7 Å². The van der Waals surface area contributed by atoms with E-state index in [4.69, 9.17) is 0 Å². The van der Waals surface area contributed by atoms with Crippen LogP contribution < -0.4 is 10.2 Å². The minimum atomic E-state index is -0.459. The van der Waals surface area contributed by atoms with E-state index in [2.05, 4.69) is 44.9 Å². The van der Waals surface area contributed by atoms with Crippen molar-refractivity contribution in [1.82, 2.24) is 14.8 Å². The highest BCUT2D eigenvalue weighted by atomic mass is 16.2. The lowest BCUT2D eigenvalue weighted by Crippen LogP contribution is -2.38. The number of nitrogens with zero attached hydrogens (tertiary/aromatic N) is 4. The first-order valence-electron chi connectivity index (χ1n) is 8.62. The maximum Gasteiger partial charge on any atom is 0.236 e. The molecule has 6 heteroatoms. The van der Waals surface area contributed by atoms with Crippen molar-refractivity contribution >= 4 is 17.5 Å². The fraction of sp³-hybridized carbons (Fsp3) is 0.500. The molecule has 126 valence electrons. The molecule has 3 heterocycles. The Bertz CT molecular complexity index is 798. The standard InChI is InChI=1S/C18H23N5O/c1-4-12(2)15-20-21-17(22(15)3)23-10-9-18(11-23)13-7-5-6-8-14(13)19-16(18)24/h5-8,12H,4,9-11H2,1-3H3,(H,19,24). The summed E-state index contributed by atoms with van der Waals surface area (Å²) in [7, 11) is 2.02. The first kappa shape index (κ1) is 15.2. The summed E-state index contributed by atoms with van der Waals surface area (Å²) in [6.45, 7) is 5.79. The summed E-state index contributed by atoms with van der Waals surface area (Å²) in [5.74, 6) is 2.35. The lowest BCUT2D eigenvalue weighted by molar-refractivity contribution is -0.120. The molecule has 4 rings (SSSR count). The molecule has 0 bridgehead atoms. The third-order valence-electron chi connectivity index (χ3n) is 5.62. The smallest absolute Gasteiger partial charge is 0.236 e. The molecule has 2 aliphatic heterocycles. The summed E-state index contributed by atoms with van der Waals surface area (Å²) in [5.41, 5.74) is 1.60. The SMILES string of the molecule is CCC(C)c1nnc(N2CCC3(C2)C(=O)Nc2ccccc23)n1C. The maximum absolute atomic E-state index is 12.7. The lowest BCUT2D eigenvalue weighted by atomic mass is 9.81. The van der Waals surface area contributed by atoms with Crippen LogP contribution in [0.3, 0.4) is 0 Å². The van der Waals surface area contributed by atoms with E-state index in [1.54, 1.807) is 0 Å². The molecule has 2 aromatic rings. The molecule has 1 spiro atoms. The number of hydrogen-bond acceptors (Lipinski definition) is 4. The first-order valence-corrected chi connectivity index (χ1v) is 8.62. The summed E-state index contributed by atoms with van der Waals surface area (Å²) in [4.78, 5) is 14.9. The molecule has 24 heavy (non-hydrogen) atoms. The molecule has 1 aromatic carbocycles. The van der Waals surface area contributed by atoms with Gasteiger partial charge in [0.05, 0.1) is 5.41 Å². The van der Waals surface area contributed by atoms with Gasteiger partial charge in [-0.15, -0.1) is 10.2 Å². The normalized spacial score (nSPS) is 23.6. The molecule has 1 aromatic heterocycles. The highest BCUT2D eigenvalue weighted by Gasteiger charge is 2.51. The van der Waals surface area contributed by atoms with Gasteiger partial charge in [0.2, 0.25) is 11.9 Å². The van der Waals surface area contributed by atoms with Crippen LogP contribution in [0.15, 0.2) is 24.3 Å². The number of aromatic nitrogens is 3. The zero-order valence-corrected chi connectivity index (χ0v) is 14.4. The number of carbonyl (C=O) groups excluding carboxylic acids is 1. The Balaban J connectivity index is 1.66. The number of fused-ring (bicyclic) bond motifs is 2. The van der Waals surface area contributed by atoms with Crippen molar-refractivity contribution in [3.63, 3.8) is 0 Å². The monoisotopic (exact) mass is 325 g/mol. The largest absolute Gasteiger partial charge is 0.339 e. The van der Waals surface area contributed by atoms with Crippen LogP contribution in [-0.2, 0) is 17.3 Å². The van der Waals surface area contributed by atoms with Crippen LogP contribution in [0.2, 0.25) is 0 Å². The van der Waals surface area contributed by atoms with E-state index < -0.39 is 5.41 Å². The second kappa shape index (κ2) is 5.33. The van der Waals surface area contributed by atoms with Gasteiger partial charge in [0.15, 0.2) is 0 Å². The molecule has 1 amide bonds. The maximum atomic E-state index is 12.7. The van der Waals surface area contributed by atoms with Crippen LogP contribution in [-0.4, -0.2) is 33.8 Å². The van der Waals surface area contributed by atoms with E-state index in [9.17, 15) is 4.79 Å². The zero-order chi connectivity index (χ0) is 16.9. The van der Waals surface area contributed by atoms with E-state index >= 15 is 0 Å². The zero-order valence-electron chi connectivity index (χ0n) is 14.4. The second-order valence-electron chi connectivity index (χ2n) is 6.98. The Morgan fingerprint density at radius 1 is 1.33 bits per heavy atom. The fourth-order valence-corrected chi connectivity index (χ4v) is 3.98. The van der Waals surface area contributed by atoms with Gasteiger partial charge in [-0.2, -0.15) is 0 Å². The van der Waals surface area contributed by atoms with Gasteiger partial charge >= 0.3 is 0 Å². The minimum Gasteiger partial charge on any atom is -0.339 e. The van der Waals surface area contributed by atoms with Crippen molar-refractivity contribution in [2.45, 2.75) is 38.0 Å². The summed E-state index contributed by atoms with van der Waals surface area (Å²) in [6.07, 6.45) is 1.84. The molecule has 2 unspecified atom stereocenters. The molecule has 2 aliphatic rings. The third-order valence-corrected chi connectivity index (χ3v) is 5.62. The van der Waals surface area contributed by atoms with Crippen molar-refractivity contribution < 1.29 is 4.79 Å². The minimum absolute atomic E-state index is 0.107. The van der Waals surface area contributed by atoms with Crippen LogP contribution in [0.25, 0.3) is 0 Å². The average molecular weight is 325 g/mol. The topological polar surface area (TPSA) is 63.1 Å². The molecule has 0 saturated carbocycles. The van der Waals surface area contributed by atoms with Gasteiger partial charge < -0.3 is 14.8 Å². The van der Waals surface area contributed by atoms with Crippen LogP contribution >= 0.6 is 0 Å². The number of nitrogens with one attached hydrogen (secondary N) is 1. The molecule has 0 aliphatic carbocycles. The Hall–Kier alpha value is -2.37. The summed E-state index contributed by atoms with van der Waals surface area (Å²) in [6, 6.07) is 8.02. The first-order chi connectivity index (χ1) is 11.6. The number of para-hydroxylation sites is 1. The van der Waals surface area contributed by atoms with E-state index in [0.29, 0.717) is 12.5 Å². The van der Waals surface area contributed by atoms with Crippen molar-refractivity contribution in [3.8, 4) is 0 Å². The van der Waals surface area contributed by atoms with E-state index in [0.717, 1.165) is 42.4 Å². The lowest BCUT2D eigenvalue weighted by Gasteiger charge is -2.23. The van der Waals surface area contributed by atoms with E-state index in [-0.39, 0.29) is 5.91 Å². The molecule has 6 nitrogen and oxygen atoms in total. The highest BCUT2D eigenvalue weighted by Crippen LogP contribution is 2.44. The molecule has 0 radical (unpaired) electrons. The van der Waals surface area contributed by atoms with Gasteiger partial charge in [-0.05, 0) is 24.5 Å². The van der Waals surface area contributed by atoms with Crippen LogP contribution in [0.1, 0.15) is 44.0 Å². The number of amides is 1. The Labute approximate surface area is 141 Å². The Kier molecular flexibility index (Phi) is 3.37. The predicted octanol–water partition coefficient (Wildman–Crippen LogP) is 2.43. The summed E-state index contributed by atoms with van der Waals surface area (Å²) in [5, 5.41) is 11.8. The van der Waals surface area contributed by atoms with Crippen LogP contribution in [0, 0.1) is 0 Å². The second-order valence-corrected chi connectivity index (χ2v) is 6.98. The third kappa shape index (κ3) is 1.98. The van der Waals surface area contributed by atoms with E-state index in [1.807, 2.05) is 25.2 Å². The van der Waals surface area contributed by atoms with Gasteiger partial charge in [0, 0.05) is 31.7 Å². The molecule has 1 saturated heterocycles. The van der Waals surface area contributed by atoms with Crippen LogP contribution in [0.4, 0.5) is 11.6 Å². The predicted molar refractivity (Wildman–Crippen MR) is 93.3 cm³/mol. The molecule has 2 atom stereocenters. The van der Waals surface area contributed by atoms with Gasteiger partial charge in [-0.1, -0.05) is 32.0 Å². The fourth-order valence-electron chi connectivity index (χ4n) is 3.98. The molecular weight excluding hydrogens is 302 g/mol. The number of carbonyl (C=O) groups is 1. The molecule has 1 fully saturated rings. The van der Waals surface area contributed by atoms with Crippen molar-refractivity contribution in [2.75, 3.05) is 23.3 Å². The quantitative estimate of drug-likeness (QED) is 0.941. The van der Waals surface area contributed by atoms with E-state index in [1.165, 1.54) is 0 Å². The number of rotatable bonds is 3. The molecule has 1 N–H and O–H groups in total. The number of benzene rings is 1. The van der Waals surface area contributed by atoms with Gasteiger partial charge in [-0.25, -0.2) is 0 Å². The summed E-state index contributed by atoms with van der Waals surface area (Å²) < 4.78 is 2.08. The Morgan fingerprint density at radius 2 is 2.12 bits per heavy atom. The average Bonchev–Trinajstić information content (AvgIpc) is 3.26. The van der Waals surface area contributed by atoms with Gasteiger partial charge in [0.1, 0.15) is 5.82 Å². The van der Waals surface area contributed by atoms with Gasteiger partial charge in [-0.3, -0.25) is 4.79 Å². The van der Waals surface area contributed by atoms with Crippen LogP contribution in [0.5, 0.6) is 0 Å². The number of hydrogen-bond donors (Lipinski definition) is 1. The van der Waals surface area contributed by atoms with Crippen molar-refractivity contribution in [2.24, 2.45) is 7.05 Å². The van der Waals surface area contributed by atoms with Gasteiger partial charge in [0.25, 0.3) is 0 Å². The van der Waals surface area contributed by atoms with Crippen molar-refractivity contribution in [1.29, 1.82) is 0 Å². The highest BCUT2D eigenvalue weighted by molar-refractivity contribution is 6.07. The summed E-state index contributed by atoms with van der Waals surface area (Å²) >= 11 is 0.